The van der Waals surface area contributed by atoms with Crippen molar-refractivity contribution < 1.29 is 19.0 Å². The number of benzene rings is 1. The molecule has 1 aromatic carbocycles. The van der Waals surface area contributed by atoms with Gasteiger partial charge in [-0.1, -0.05) is 0 Å². The van der Waals surface area contributed by atoms with E-state index in [1.807, 2.05) is 4.90 Å². The van der Waals surface area contributed by atoms with E-state index in [-0.39, 0.29) is 11.9 Å². The van der Waals surface area contributed by atoms with Crippen LogP contribution >= 0.6 is 0 Å². The highest BCUT2D eigenvalue weighted by Gasteiger charge is 2.30. The fourth-order valence-corrected chi connectivity index (χ4v) is 3.47. The average Bonchev–Trinajstić information content (AvgIpc) is 3.02. The summed E-state index contributed by atoms with van der Waals surface area (Å²) in [5, 5.41) is 0. The lowest BCUT2D eigenvalue weighted by atomic mass is 10.1. The number of methoxy groups -OCH3 is 3. The summed E-state index contributed by atoms with van der Waals surface area (Å²) in [6, 6.07) is 7.60. The van der Waals surface area contributed by atoms with Gasteiger partial charge < -0.3 is 23.7 Å². The van der Waals surface area contributed by atoms with Crippen molar-refractivity contribution in [1.29, 1.82) is 0 Å². The van der Waals surface area contributed by atoms with E-state index in [2.05, 4.69) is 30.5 Å². The lowest BCUT2D eigenvalue weighted by Crippen LogP contribution is -2.41. The topological polar surface area (TPSA) is 52.9 Å². The molecule has 0 spiro atoms. The number of fused-ring (bicyclic) bond motifs is 1. The molecule has 1 atom stereocenters. The van der Waals surface area contributed by atoms with Crippen LogP contribution in [0.1, 0.15) is 34.7 Å². The number of carbonyl (C=O) groups excluding carboxylic acids is 1. The van der Waals surface area contributed by atoms with Crippen molar-refractivity contribution in [1.82, 2.24) is 9.47 Å². The molecule has 0 bridgehead atoms. The van der Waals surface area contributed by atoms with Crippen LogP contribution in [0.15, 0.2) is 24.3 Å². The fourth-order valence-electron chi connectivity index (χ4n) is 3.47. The van der Waals surface area contributed by atoms with Gasteiger partial charge in [0.05, 0.1) is 27.4 Å². The standard InChI is InChI=1S/C19H24N2O4/c1-12-6-7-15-13(2)21(9-8-20(12)15)19(22)14-10-16(23-3)18(25-5)17(11-14)24-4/h6-7,10-11,13H,8-9H2,1-5H3. The second-order valence-corrected chi connectivity index (χ2v) is 6.14. The second kappa shape index (κ2) is 6.70. The molecule has 1 aromatic heterocycles. The molecule has 6 heteroatoms. The maximum absolute atomic E-state index is 13.1. The molecule has 0 radical (unpaired) electrons. The van der Waals surface area contributed by atoms with Crippen molar-refractivity contribution in [3.8, 4) is 17.2 Å². The van der Waals surface area contributed by atoms with Crippen molar-refractivity contribution in [2.45, 2.75) is 26.4 Å². The van der Waals surface area contributed by atoms with Crippen LogP contribution in [0.4, 0.5) is 0 Å². The molecular weight excluding hydrogens is 320 g/mol. The van der Waals surface area contributed by atoms with E-state index in [0.29, 0.717) is 29.4 Å². The molecule has 1 aliphatic heterocycles. The molecule has 25 heavy (non-hydrogen) atoms. The van der Waals surface area contributed by atoms with E-state index < -0.39 is 0 Å². The number of carbonyl (C=O) groups is 1. The van der Waals surface area contributed by atoms with Crippen LogP contribution in [0.25, 0.3) is 0 Å². The van der Waals surface area contributed by atoms with E-state index in [4.69, 9.17) is 14.2 Å². The number of amides is 1. The minimum Gasteiger partial charge on any atom is -0.493 e. The Morgan fingerprint density at radius 3 is 2.24 bits per heavy atom. The molecule has 0 N–H and O–H groups in total. The van der Waals surface area contributed by atoms with Gasteiger partial charge in [-0.15, -0.1) is 0 Å². The molecule has 1 unspecified atom stereocenters. The van der Waals surface area contributed by atoms with Crippen LogP contribution in [0.2, 0.25) is 0 Å². The molecule has 0 saturated carbocycles. The quantitative estimate of drug-likeness (QED) is 0.855. The van der Waals surface area contributed by atoms with Gasteiger partial charge in [-0.05, 0) is 38.1 Å². The first-order valence-electron chi connectivity index (χ1n) is 8.28. The number of rotatable bonds is 4. The second-order valence-electron chi connectivity index (χ2n) is 6.14. The summed E-state index contributed by atoms with van der Waals surface area (Å²) in [5.74, 6) is 1.40. The highest BCUT2D eigenvalue weighted by Crippen LogP contribution is 2.39. The van der Waals surface area contributed by atoms with E-state index in [1.165, 1.54) is 5.69 Å². The van der Waals surface area contributed by atoms with E-state index in [1.54, 1.807) is 33.5 Å². The summed E-state index contributed by atoms with van der Waals surface area (Å²) in [7, 11) is 4.64. The Labute approximate surface area is 147 Å². The molecule has 0 saturated heterocycles. The van der Waals surface area contributed by atoms with Gasteiger partial charge in [-0.3, -0.25) is 4.79 Å². The summed E-state index contributed by atoms with van der Waals surface area (Å²) < 4.78 is 18.3. The Kier molecular flexibility index (Phi) is 4.61. The minimum absolute atomic E-state index is 0.00837. The number of hydrogen-bond acceptors (Lipinski definition) is 4. The first kappa shape index (κ1) is 17.2. The highest BCUT2D eigenvalue weighted by molar-refractivity contribution is 5.96. The molecule has 0 fully saturated rings. The molecule has 1 aliphatic rings. The van der Waals surface area contributed by atoms with Crippen LogP contribution in [0, 0.1) is 6.92 Å². The zero-order valence-electron chi connectivity index (χ0n) is 15.3. The molecule has 2 aromatic rings. The smallest absolute Gasteiger partial charge is 0.254 e. The largest absolute Gasteiger partial charge is 0.493 e. The molecule has 6 nitrogen and oxygen atoms in total. The van der Waals surface area contributed by atoms with Gasteiger partial charge >= 0.3 is 0 Å². The Hall–Kier alpha value is -2.63. The van der Waals surface area contributed by atoms with Gasteiger partial charge in [0.1, 0.15) is 0 Å². The third kappa shape index (κ3) is 2.81. The first-order valence-corrected chi connectivity index (χ1v) is 8.28. The summed E-state index contributed by atoms with van der Waals surface area (Å²) in [5.41, 5.74) is 2.91. The number of nitrogens with zero attached hydrogens (tertiary/aromatic N) is 2. The van der Waals surface area contributed by atoms with Crippen LogP contribution in [-0.4, -0.2) is 43.2 Å². The maximum atomic E-state index is 13.1. The summed E-state index contributed by atoms with van der Waals surface area (Å²) in [6.45, 7) is 5.61. The summed E-state index contributed by atoms with van der Waals surface area (Å²) in [4.78, 5) is 15.0. The number of aromatic nitrogens is 1. The van der Waals surface area contributed by atoms with E-state index >= 15 is 0 Å². The monoisotopic (exact) mass is 344 g/mol. The molecule has 0 aliphatic carbocycles. The van der Waals surface area contributed by atoms with Crippen LogP contribution in [0.5, 0.6) is 17.2 Å². The zero-order valence-corrected chi connectivity index (χ0v) is 15.3. The molecule has 2 heterocycles. The van der Waals surface area contributed by atoms with Gasteiger partial charge in [-0.25, -0.2) is 0 Å². The first-order chi connectivity index (χ1) is 12.0. The Balaban J connectivity index is 1.96. The van der Waals surface area contributed by atoms with Crippen molar-refractivity contribution in [2.75, 3.05) is 27.9 Å². The lowest BCUT2D eigenvalue weighted by molar-refractivity contribution is 0.0642. The molecule has 134 valence electrons. The number of ether oxygens (including phenoxy) is 3. The van der Waals surface area contributed by atoms with Gasteiger partial charge in [0.25, 0.3) is 5.91 Å². The lowest BCUT2D eigenvalue weighted by Gasteiger charge is -2.35. The van der Waals surface area contributed by atoms with Crippen molar-refractivity contribution >= 4 is 5.91 Å². The Morgan fingerprint density at radius 1 is 1.04 bits per heavy atom. The van der Waals surface area contributed by atoms with Crippen LogP contribution in [-0.2, 0) is 6.54 Å². The highest BCUT2D eigenvalue weighted by atomic mass is 16.5. The van der Waals surface area contributed by atoms with Crippen LogP contribution in [0.3, 0.4) is 0 Å². The molecular formula is C19H24N2O4. The van der Waals surface area contributed by atoms with Gasteiger partial charge in [-0.2, -0.15) is 0 Å². The predicted octanol–water partition coefficient (Wildman–Crippen LogP) is 3.04. The SMILES string of the molecule is COc1cc(C(=O)N2CCn3c(C)ccc3C2C)cc(OC)c1OC. The number of aryl methyl sites for hydroxylation is 1. The van der Waals surface area contributed by atoms with Crippen molar-refractivity contribution in [3.63, 3.8) is 0 Å². The molecule has 1 amide bonds. The normalized spacial score (nSPS) is 16.4. The van der Waals surface area contributed by atoms with Crippen molar-refractivity contribution in [3.05, 3.63) is 41.2 Å². The van der Waals surface area contributed by atoms with Gasteiger partial charge in [0.2, 0.25) is 5.75 Å². The number of hydrogen-bond donors (Lipinski definition) is 0. The Bertz CT molecular complexity index is 772. The third-order valence-corrected chi connectivity index (χ3v) is 4.87. The minimum atomic E-state index is -0.0446. The summed E-state index contributed by atoms with van der Waals surface area (Å²) in [6.07, 6.45) is 0. The van der Waals surface area contributed by atoms with Crippen LogP contribution < -0.4 is 14.2 Å². The maximum Gasteiger partial charge on any atom is 0.254 e. The third-order valence-electron chi connectivity index (χ3n) is 4.87. The molecule has 3 rings (SSSR count). The zero-order chi connectivity index (χ0) is 18.1. The predicted molar refractivity (Wildman–Crippen MR) is 94.7 cm³/mol. The van der Waals surface area contributed by atoms with Gasteiger partial charge in [0.15, 0.2) is 11.5 Å². The Morgan fingerprint density at radius 2 is 1.68 bits per heavy atom. The summed E-state index contributed by atoms with van der Waals surface area (Å²) >= 11 is 0. The van der Waals surface area contributed by atoms with Crippen molar-refractivity contribution in [2.24, 2.45) is 0 Å². The van der Waals surface area contributed by atoms with E-state index in [0.717, 1.165) is 12.2 Å². The average molecular weight is 344 g/mol. The fraction of sp³-hybridized carbons (Fsp3) is 0.421. The van der Waals surface area contributed by atoms with Gasteiger partial charge in [0, 0.05) is 30.0 Å². The van der Waals surface area contributed by atoms with E-state index in [9.17, 15) is 4.79 Å².